The molecule has 0 aromatic heterocycles. The fourth-order valence-electron chi connectivity index (χ4n) is 1.39. The molecule has 0 saturated carbocycles. The first-order valence-electron chi connectivity index (χ1n) is 4.55. The molecule has 1 saturated heterocycles. The van der Waals surface area contributed by atoms with Crippen LogP contribution in [0.25, 0.3) is 0 Å². The number of rotatable bonds is 1. The van der Waals surface area contributed by atoms with E-state index in [0.29, 0.717) is 0 Å². The summed E-state index contributed by atoms with van der Waals surface area (Å²) in [6.45, 7) is 1.63. The SMILES string of the molecule is CC(=O)N(C)C1CNC(=O)CCC1=O. The number of nitrogens with zero attached hydrogens (tertiary/aromatic N) is 1. The summed E-state index contributed by atoms with van der Waals surface area (Å²) in [5.74, 6) is -0.349. The van der Waals surface area contributed by atoms with Crippen LogP contribution in [0.3, 0.4) is 0 Å². The molecule has 0 radical (unpaired) electrons. The molecule has 0 aromatic carbocycles. The summed E-state index contributed by atoms with van der Waals surface area (Å²) in [5.41, 5.74) is 0. The van der Waals surface area contributed by atoms with Gasteiger partial charge in [-0.05, 0) is 0 Å². The number of nitrogens with one attached hydrogen (secondary N) is 1. The first kappa shape index (κ1) is 10.7. The molecule has 0 bridgehead atoms. The lowest BCUT2D eigenvalue weighted by molar-refractivity contribution is -0.136. The van der Waals surface area contributed by atoms with Crippen molar-refractivity contribution in [2.24, 2.45) is 0 Å². The minimum Gasteiger partial charge on any atom is -0.354 e. The average Bonchev–Trinajstić information content (AvgIpc) is 2.28. The molecule has 14 heavy (non-hydrogen) atoms. The summed E-state index contributed by atoms with van der Waals surface area (Å²) in [5, 5.41) is 2.61. The van der Waals surface area contributed by atoms with E-state index in [1.165, 1.54) is 11.8 Å². The van der Waals surface area contributed by atoms with Gasteiger partial charge < -0.3 is 10.2 Å². The minimum atomic E-state index is -0.501. The molecule has 1 heterocycles. The molecular formula is C9H14N2O3. The summed E-state index contributed by atoms with van der Waals surface area (Å²) in [6.07, 6.45) is 0.440. The average molecular weight is 198 g/mol. The molecule has 78 valence electrons. The Morgan fingerprint density at radius 3 is 2.64 bits per heavy atom. The third-order valence-electron chi connectivity index (χ3n) is 2.43. The topological polar surface area (TPSA) is 66.5 Å². The molecule has 1 fully saturated rings. The van der Waals surface area contributed by atoms with Crippen LogP contribution in [-0.2, 0) is 14.4 Å². The van der Waals surface area contributed by atoms with Gasteiger partial charge in [0.15, 0.2) is 5.78 Å². The minimum absolute atomic E-state index is 0.0546. The Balaban J connectivity index is 2.71. The van der Waals surface area contributed by atoms with Crippen molar-refractivity contribution < 1.29 is 14.4 Å². The van der Waals surface area contributed by atoms with Crippen LogP contribution in [0.15, 0.2) is 0 Å². The van der Waals surface area contributed by atoms with Gasteiger partial charge in [0, 0.05) is 33.4 Å². The predicted octanol–water partition coefficient (Wildman–Crippen LogP) is -0.688. The van der Waals surface area contributed by atoms with E-state index in [0.717, 1.165) is 0 Å². The highest BCUT2D eigenvalue weighted by atomic mass is 16.2. The normalized spacial score (nSPS) is 22.6. The van der Waals surface area contributed by atoms with Gasteiger partial charge in [-0.3, -0.25) is 14.4 Å². The van der Waals surface area contributed by atoms with Gasteiger partial charge in [-0.25, -0.2) is 0 Å². The maximum Gasteiger partial charge on any atom is 0.220 e. The number of likely N-dealkylation sites (N-methyl/N-ethyl adjacent to an activating group) is 1. The Kier molecular flexibility index (Phi) is 3.22. The lowest BCUT2D eigenvalue weighted by Gasteiger charge is -2.24. The molecule has 1 aliphatic heterocycles. The summed E-state index contributed by atoms with van der Waals surface area (Å²) >= 11 is 0. The molecular weight excluding hydrogens is 184 g/mol. The second kappa shape index (κ2) is 4.21. The van der Waals surface area contributed by atoms with Gasteiger partial charge in [-0.1, -0.05) is 0 Å². The fourth-order valence-corrected chi connectivity index (χ4v) is 1.39. The van der Waals surface area contributed by atoms with Crippen LogP contribution in [0.1, 0.15) is 19.8 Å². The summed E-state index contributed by atoms with van der Waals surface area (Å²) in [6, 6.07) is -0.501. The smallest absolute Gasteiger partial charge is 0.220 e. The van der Waals surface area contributed by atoms with E-state index in [-0.39, 0.29) is 37.0 Å². The number of ketones is 1. The first-order valence-corrected chi connectivity index (χ1v) is 4.55. The molecule has 1 atom stereocenters. The van der Waals surface area contributed by atoms with Crippen LogP contribution in [0.2, 0.25) is 0 Å². The van der Waals surface area contributed by atoms with Gasteiger partial charge >= 0.3 is 0 Å². The van der Waals surface area contributed by atoms with Gasteiger partial charge in [-0.15, -0.1) is 0 Å². The molecule has 0 aromatic rings. The number of carbonyl (C=O) groups excluding carboxylic acids is 3. The van der Waals surface area contributed by atoms with Crippen LogP contribution in [0.4, 0.5) is 0 Å². The number of carbonyl (C=O) groups is 3. The highest BCUT2D eigenvalue weighted by molar-refractivity contribution is 5.93. The molecule has 1 aliphatic rings. The molecule has 5 nitrogen and oxygen atoms in total. The largest absolute Gasteiger partial charge is 0.354 e. The second-order valence-electron chi connectivity index (χ2n) is 3.42. The van der Waals surface area contributed by atoms with Crippen molar-refractivity contribution in [2.75, 3.05) is 13.6 Å². The van der Waals surface area contributed by atoms with E-state index in [1.54, 1.807) is 7.05 Å². The van der Waals surface area contributed by atoms with Crippen molar-refractivity contribution in [1.29, 1.82) is 0 Å². The second-order valence-corrected chi connectivity index (χ2v) is 3.42. The molecule has 1 rings (SSSR count). The fraction of sp³-hybridized carbons (Fsp3) is 0.667. The van der Waals surface area contributed by atoms with Crippen LogP contribution < -0.4 is 5.32 Å². The van der Waals surface area contributed by atoms with Gasteiger partial charge in [-0.2, -0.15) is 0 Å². The number of hydrogen-bond donors (Lipinski definition) is 1. The van der Waals surface area contributed by atoms with E-state index in [1.807, 2.05) is 0 Å². The van der Waals surface area contributed by atoms with Crippen molar-refractivity contribution in [3.05, 3.63) is 0 Å². The Hall–Kier alpha value is -1.39. The van der Waals surface area contributed by atoms with Crippen LogP contribution in [-0.4, -0.2) is 42.1 Å². The van der Waals surface area contributed by atoms with Crippen molar-refractivity contribution in [1.82, 2.24) is 10.2 Å². The summed E-state index contributed by atoms with van der Waals surface area (Å²) in [7, 11) is 1.57. The van der Waals surface area contributed by atoms with E-state index >= 15 is 0 Å². The first-order chi connectivity index (χ1) is 6.52. The lowest BCUT2D eigenvalue weighted by Crippen LogP contribution is -2.46. The Bertz CT molecular complexity index is 275. The molecule has 1 N–H and O–H groups in total. The third-order valence-corrected chi connectivity index (χ3v) is 2.43. The Morgan fingerprint density at radius 2 is 2.07 bits per heavy atom. The van der Waals surface area contributed by atoms with Crippen LogP contribution in [0, 0.1) is 0 Å². The van der Waals surface area contributed by atoms with Crippen LogP contribution >= 0.6 is 0 Å². The molecule has 0 aliphatic carbocycles. The maximum absolute atomic E-state index is 11.5. The number of amides is 2. The Labute approximate surface area is 82.4 Å². The van der Waals surface area contributed by atoms with E-state index in [4.69, 9.17) is 0 Å². The summed E-state index contributed by atoms with van der Waals surface area (Å²) < 4.78 is 0. The van der Waals surface area contributed by atoms with Gasteiger partial charge in [0.05, 0.1) is 0 Å². The van der Waals surface area contributed by atoms with Crippen molar-refractivity contribution in [3.8, 4) is 0 Å². The predicted molar refractivity (Wildman–Crippen MR) is 49.5 cm³/mol. The van der Waals surface area contributed by atoms with Crippen molar-refractivity contribution >= 4 is 17.6 Å². The lowest BCUT2D eigenvalue weighted by atomic mass is 10.1. The molecule has 5 heteroatoms. The van der Waals surface area contributed by atoms with Gasteiger partial charge in [0.2, 0.25) is 11.8 Å². The molecule has 0 spiro atoms. The van der Waals surface area contributed by atoms with Gasteiger partial charge in [0.1, 0.15) is 6.04 Å². The zero-order valence-corrected chi connectivity index (χ0v) is 8.37. The van der Waals surface area contributed by atoms with Gasteiger partial charge in [0.25, 0.3) is 0 Å². The highest BCUT2D eigenvalue weighted by Gasteiger charge is 2.28. The van der Waals surface area contributed by atoms with Crippen molar-refractivity contribution in [2.45, 2.75) is 25.8 Å². The van der Waals surface area contributed by atoms with E-state index < -0.39 is 6.04 Å². The maximum atomic E-state index is 11.5. The van der Waals surface area contributed by atoms with Crippen LogP contribution in [0.5, 0.6) is 0 Å². The monoisotopic (exact) mass is 198 g/mol. The number of Topliss-reactive ketones (excluding diaryl/α,β-unsaturated/α-hetero) is 1. The van der Waals surface area contributed by atoms with E-state index in [9.17, 15) is 14.4 Å². The standard InChI is InChI=1S/C9H14N2O3/c1-6(12)11(2)7-5-10-9(14)4-3-8(7)13/h7H,3-5H2,1-2H3,(H,10,14). The number of hydrogen-bond acceptors (Lipinski definition) is 3. The quantitative estimate of drug-likeness (QED) is 0.606. The zero-order valence-electron chi connectivity index (χ0n) is 8.37. The third kappa shape index (κ3) is 2.31. The van der Waals surface area contributed by atoms with Crippen molar-refractivity contribution in [3.63, 3.8) is 0 Å². The molecule has 2 amide bonds. The zero-order chi connectivity index (χ0) is 10.7. The molecule has 1 unspecified atom stereocenters. The summed E-state index contributed by atoms with van der Waals surface area (Å²) in [4.78, 5) is 34.9. The Morgan fingerprint density at radius 1 is 1.43 bits per heavy atom. The van der Waals surface area contributed by atoms with E-state index in [2.05, 4.69) is 5.32 Å². The highest BCUT2D eigenvalue weighted by Crippen LogP contribution is 2.06.